The normalized spacial score (nSPS) is 30.3. The van der Waals surface area contributed by atoms with Gasteiger partial charge in [-0.2, -0.15) is 0 Å². The largest absolute Gasteiger partial charge is 1.00 e. The maximum Gasteiger partial charge on any atom is 1.00 e. The minimum absolute atomic E-state index is 0. The van der Waals surface area contributed by atoms with E-state index < -0.39 is 15.1 Å². The van der Waals surface area contributed by atoms with Gasteiger partial charge >= 0.3 is 29.6 Å². The Morgan fingerprint density at radius 2 is 1.93 bits per heavy atom. The molecule has 1 unspecified atom stereocenters. The molecule has 1 rings (SSSR count). The molecule has 0 bridgehead atoms. The van der Waals surface area contributed by atoms with Gasteiger partial charge in [0.1, 0.15) is 0 Å². The van der Waals surface area contributed by atoms with E-state index in [0.717, 1.165) is 0 Å². The molecular formula is C8H9Br2Cl2NaO2. The van der Waals surface area contributed by atoms with Gasteiger partial charge in [0.2, 0.25) is 0 Å². The molecule has 0 N–H and O–H groups in total. The first-order valence-corrected chi connectivity index (χ1v) is 6.48. The summed E-state index contributed by atoms with van der Waals surface area (Å²) in [5.74, 6) is -1.67. The third-order valence-corrected chi connectivity index (χ3v) is 6.15. The van der Waals surface area contributed by atoms with E-state index >= 15 is 0 Å². The number of carbonyl (C=O) groups excluding carboxylic acids is 1. The summed E-state index contributed by atoms with van der Waals surface area (Å²) in [7, 11) is 0. The van der Waals surface area contributed by atoms with Gasteiger partial charge in [-0.15, -0.1) is 0 Å². The summed E-state index contributed by atoms with van der Waals surface area (Å²) >= 11 is 18.1. The van der Waals surface area contributed by atoms with Crippen LogP contribution in [0, 0.1) is 17.3 Å². The Morgan fingerprint density at radius 1 is 1.53 bits per heavy atom. The van der Waals surface area contributed by atoms with E-state index in [1.54, 1.807) is 0 Å². The second-order valence-electron chi connectivity index (χ2n) is 4.09. The molecule has 0 saturated heterocycles. The maximum absolute atomic E-state index is 10.8. The number of carboxylic acids is 1. The van der Waals surface area contributed by atoms with Crippen molar-refractivity contribution in [2.24, 2.45) is 17.3 Å². The summed E-state index contributed by atoms with van der Waals surface area (Å²) in [5, 5.41) is 10.8. The molecule has 15 heavy (non-hydrogen) atoms. The van der Waals surface area contributed by atoms with Gasteiger partial charge in [0.25, 0.3) is 0 Å². The zero-order valence-corrected chi connectivity index (χ0v) is 15.2. The Morgan fingerprint density at radius 3 is 2.13 bits per heavy atom. The van der Waals surface area contributed by atoms with E-state index in [0.29, 0.717) is 0 Å². The second kappa shape index (κ2) is 5.33. The molecule has 0 spiro atoms. The molecule has 2 nitrogen and oxygen atoms in total. The average molecular weight is 391 g/mol. The number of hydrogen-bond donors (Lipinski definition) is 0. The van der Waals surface area contributed by atoms with Gasteiger partial charge in [-0.1, -0.05) is 53.0 Å². The molecule has 0 radical (unpaired) electrons. The summed E-state index contributed by atoms with van der Waals surface area (Å²) in [5.41, 5.74) is -0.324. The van der Waals surface area contributed by atoms with Crippen molar-refractivity contribution in [2.45, 2.75) is 21.9 Å². The second-order valence-corrected chi connectivity index (χ2v) is 8.62. The molecule has 82 valence electrons. The van der Waals surface area contributed by atoms with E-state index in [1.165, 1.54) is 0 Å². The number of carbonyl (C=O) groups is 1. The number of alkyl halides is 4. The SMILES string of the molecule is CC1(C)[C@H](C(=O)[O-])[C@H]1C(Br)C(Cl)(Cl)Br.[Na+]. The molecule has 0 aromatic rings. The monoisotopic (exact) mass is 388 g/mol. The van der Waals surface area contributed by atoms with Gasteiger partial charge in [0.15, 0.2) is 3.24 Å². The molecule has 1 aliphatic rings. The molecule has 0 amide bonds. The van der Waals surface area contributed by atoms with Crippen LogP contribution in [0.15, 0.2) is 0 Å². The van der Waals surface area contributed by atoms with Gasteiger partial charge in [0, 0.05) is 11.9 Å². The van der Waals surface area contributed by atoms with E-state index in [2.05, 4.69) is 31.9 Å². The van der Waals surface area contributed by atoms with Crippen molar-refractivity contribution < 1.29 is 39.5 Å². The van der Waals surface area contributed by atoms with Gasteiger partial charge in [-0.25, -0.2) is 0 Å². The van der Waals surface area contributed by atoms with Crippen molar-refractivity contribution in [3.8, 4) is 0 Å². The van der Waals surface area contributed by atoms with E-state index in [-0.39, 0.29) is 45.7 Å². The zero-order chi connectivity index (χ0) is 11.3. The van der Waals surface area contributed by atoms with Gasteiger partial charge in [0.05, 0.1) is 4.83 Å². The quantitative estimate of drug-likeness (QED) is 0.472. The Kier molecular flexibility index (Phi) is 6.05. The molecule has 0 aliphatic heterocycles. The molecule has 0 aromatic carbocycles. The maximum atomic E-state index is 10.8. The van der Waals surface area contributed by atoms with Gasteiger partial charge in [-0.3, -0.25) is 0 Å². The number of aliphatic carboxylic acids is 1. The van der Waals surface area contributed by atoms with E-state index in [1.807, 2.05) is 13.8 Å². The van der Waals surface area contributed by atoms with Crippen LogP contribution in [-0.2, 0) is 4.79 Å². The molecule has 1 fully saturated rings. The summed E-state index contributed by atoms with van der Waals surface area (Å²) in [6, 6.07) is 0. The van der Waals surface area contributed by atoms with Crippen LogP contribution < -0.4 is 34.7 Å². The molecule has 1 saturated carbocycles. The van der Waals surface area contributed by atoms with Crippen molar-refractivity contribution in [3.05, 3.63) is 0 Å². The van der Waals surface area contributed by atoms with Crippen molar-refractivity contribution in [3.63, 3.8) is 0 Å². The van der Waals surface area contributed by atoms with Crippen LogP contribution in [0.2, 0.25) is 0 Å². The smallest absolute Gasteiger partial charge is 0.550 e. The number of rotatable bonds is 3. The predicted molar refractivity (Wildman–Crippen MR) is 61.8 cm³/mol. The third-order valence-electron chi connectivity index (χ3n) is 2.79. The standard InChI is InChI=1S/C8H10Br2Cl2O2.Na/c1-7(2)3(4(7)6(13)14)5(9)8(10,11)12;/h3-5H,1-2H3,(H,13,14);/q;+1/p-1/t3-,4-,5?;/m0./s1. The first-order chi connectivity index (χ1) is 6.10. The minimum Gasteiger partial charge on any atom is -0.550 e. The van der Waals surface area contributed by atoms with Crippen LogP contribution in [0.5, 0.6) is 0 Å². The minimum atomic E-state index is -1.15. The van der Waals surface area contributed by atoms with Crippen LogP contribution >= 0.6 is 55.1 Å². The molecule has 7 heteroatoms. The molecule has 0 heterocycles. The van der Waals surface area contributed by atoms with Crippen LogP contribution in [0.4, 0.5) is 0 Å². The van der Waals surface area contributed by atoms with E-state index in [4.69, 9.17) is 23.2 Å². The van der Waals surface area contributed by atoms with Crippen molar-refractivity contribution >= 4 is 61.0 Å². The average Bonchev–Trinajstić information content (AvgIpc) is 2.49. The zero-order valence-electron chi connectivity index (χ0n) is 8.56. The van der Waals surface area contributed by atoms with Crippen LogP contribution in [0.3, 0.4) is 0 Å². The summed E-state index contributed by atoms with van der Waals surface area (Å²) in [4.78, 5) is 10.5. The first-order valence-electron chi connectivity index (χ1n) is 4.01. The van der Waals surface area contributed by atoms with Crippen LogP contribution in [0.25, 0.3) is 0 Å². The summed E-state index contributed by atoms with van der Waals surface area (Å²) in [6.07, 6.45) is 0. The Labute approximate surface area is 138 Å². The van der Waals surface area contributed by atoms with Gasteiger partial charge < -0.3 is 9.90 Å². The van der Waals surface area contributed by atoms with Crippen molar-refractivity contribution in [1.82, 2.24) is 0 Å². The fraction of sp³-hybridized carbons (Fsp3) is 0.875. The summed E-state index contributed by atoms with van der Waals surface area (Å²) < 4.78 is -1.15. The molecule has 3 atom stereocenters. The first kappa shape index (κ1) is 17.0. The van der Waals surface area contributed by atoms with Crippen molar-refractivity contribution in [1.29, 1.82) is 0 Å². The topological polar surface area (TPSA) is 40.1 Å². The Hall–Kier alpha value is 2.01. The third kappa shape index (κ3) is 3.49. The Bertz CT molecular complexity index is 268. The molecular weight excluding hydrogens is 382 g/mol. The predicted octanol–water partition coefficient (Wildman–Crippen LogP) is -0.698. The number of carboxylic acid groups (broad SMARTS) is 1. The fourth-order valence-electron chi connectivity index (χ4n) is 1.88. The van der Waals surface area contributed by atoms with Crippen molar-refractivity contribution in [2.75, 3.05) is 0 Å². The molecule has 0 aromatic heterocycles. The van der Waals surface area contributed by atoms with Crippen LogP contribution in [0.1, 0.15) is 13.8 Å². The fourth-order valence-corrected chi connectivity index (χ4v) is 3.42. The van der Waals surface area contributed by atoms with E-state index in [9.17, 15) is 9.90 Å². The number of hydrogen-bond acceptors (Lipinski definition) is 2. The molecule has 1 aliphatic carbocycles. The Balaban J connectivity index is 0.00000196. The van der Waals surface area contributed by atoms with Crippen LogP contribution in [-0.4, -0.2) is 14.0 Å². The summed E-state index contributed by atoms with van der Waals surface area (Å²) in [6.45, 7) is 3.72. The number of halogens is 4. The van der Waals surface area contributed by atoms with Gasteiger partial charge in [-0.05, 0) is 27.3 Å².